The van der Waals surface area contributed by atoms with Gasteiger partial charge in [0.2, 0.25) is 0 Å². The van der Waals surface area contributed by atoms with Gasteiger partial charge in [0, 0.05) is 29.5 Å². The molecule has 0 unspecified atom stereocenters. The summed E-state index contributed by atoms with van der Waals surface area (Å²) in [6.07, 6.45) is 6.57. The normalized spacial score (nSPS) is 21.4. The first-order valence-corrected chi connectivity index (χ1v) is 7.89. The third kappa shape index (κ3) is 3.39. The van der Waals surface area contributed by atoms with Gasteiger partial charge in [-0.15, -0.1) is 0 Å². The number of nitrogens with zero attached hydrogens (tertiary/aromatic N) is 1. The SMILES string of the molecule is COc1cccc(-c2cc(N[C@@H]3CCCC[C@@H]3N)ccn2)c1. The number of hydrogen-bond acceptors (Lipinski definition) is 4. The highest BCUT2D eigenvalue weighted by Gasteiger charge is 2.21. The molecule has 3 rings (SSSR count). The van der Waals surface area contributed by atoms with Gasteiger partial charge in [0.25, 0.3) is 0 Å². The van der Waals surface area contributed by atoms with Crippen molar-refractivity contribution >= 4 is 5.69 Å². The lowest BCUT2D eigenvalue weighted by Gasteiger charge is -2.30. The summed E-state index contributed by atoms with van der Waals surface area (Å²) in [5, 5.41) is 3.57. The summed E-state index contributed by atoms with van der Waals surface area (Å²) in [6, 6.07) is 12.6. The maximum atomic E-state index is 6.22. The topological polar surface area (TPSA) is 60.2 Å². The van der Waals surface area contributed by atoms with E-state index in [0.717, 1.165) is 35.5 Å². The monoisotopic (exact) mass is 297 g/mol. The number of anilines is 1. The smallest absolute Gasteiger partial charge is 0.119 e. The molecule has 1 fully saturated rings. The van der Waals surface area contributed by atoms with E-state index in [9.17, 15) is 0 Å². The van der Waals surface area contributed by atoms with Crippen molar-refractivity contribution in [3.05, 3.63) is 42.6 Å². The zero-order valence-corrected chi connectivity index (χ0v) is 13.0. The van der Waals surface area contributed by atoms with Gasteiger partial charge in [-0.25, -0.2) is 0 Å². The third-order valence-electron chi connectivity index (χ3n) is 4.30. The lowest BCUT2D eigenvalue weighted by molar-refractivity contribution is 0.404. The van der Waals surface area contributed by atoms with Crippen molar-refractivity contribution in [3.8, 4) is 17.0 Å². The van der Waals surface area contributed by atoms with Gasteiger partial charge in [-0.2, -0.15) is 0 Å². The molecule has 0 spiro atoms. The molecule has 22 heavy (non-hydrogen) atoms. The summed E-state index contributed by atoms with van der Waals surface area (Å²) in [5.41, 5.74) is 9.29. The molecule has 0 bridgehead atoms. The number of benzene rings is 1. The highest BCUT2D eigenvalue weighted by Crippen LogP contribution is 2.26. The van der Waals surface area contributed by atoms with Gasteiger partial charge in [0.05, 0.1) is 12.8 Å². The molecule has 4 heteroatoms. The van der Waals surface area contributed by atoms with Crippen LogP contribution in [-0.2, 0) is 0 Å². The molecule has 1 aliphatic rings. The molecule has 0 amide bonds. The van der Waals surface area contributed by atoms with Gasteiger partial charge in [-0.3, -0.25) is 4.98 Å². The minimum absolute atomic E-state index is 0.238. The average molecular weight is 297 g/mol. The van der Waals surface area contributed by atoms with Crippen LogP contribution in [0.1, 0.15) is 25.7 Å². The molecule has 2 atom stereocenters. The zero-order valence-electron chi connectivity index (χ0n) is 13.0. The molecular formula is C18H23N3O. The minimum Gasteiger partial charge on any atom is -0.497 e. The van der Waals surface area contributed by atoms with Gasteiger partial charge in [-0.05, 0) is 37.1 Å². The summed E-state index contributed by atoms with van der Waals surface area (Å²) >= 11 is 0. The Morgan fingerprint density at radius 2 is 2.05 bits per heavy atom. The van der Waals surface area contributed by atoms with Crippen LogP contribution in [0.3, 0.4) is 0 Å². The van der Waals surface area contributed by atoms with Gasteiger partial charge < -0.3 is 15.8 Å². The van der Waals surface area contributed by atoms with Gasteiger partial charge in [0.1, 0.15) is 5.75 Å². The summed E-state index contributed by atoms with van der Waals surface area (Å²) in [7, 11) is 1.68. The molecule has 1 heterocycles. The quantitative estimate of drug-likeness (QED) is 0.907. The lowest BCUT2D eigenvalue weighted by atomic mass is 9.91. The number of hydrogen-bond donors (Lipinski definition) is 2. The van der Waals surface area contributed by atoms with Crippen LogP contribution in [-0.4, -0.2) is 24.2 Å². The molecule has 3 N–H and O–H groups in total. The largest absolute Gasteiger partial charge is 0.497 e. The van der Waals surface area contributed by atoms with Crippen LogP contribution in [0.4, 0.5) is 5.69 Å². The summed E-state index contributed by atoms with van der Waals surface area (Å²) in [6.45, 7) is 0. The van der Waals surface area contributed by atoms with E-state index in [0.29, 0.717) is 6.04 Å². The molecule has 4 nitrogen and oxygen atoms in total. The van der Waals surface area contributed by atoms with E-state index < -0.39 is 0 Å². The number of nitrogens with one attached hydrogen (secondary N) is 1. The minimum atomic E-state index is 0.238. The van der Waals surface area contributed by atoms with Gasteiger partial charge >= 0.3 is 0 Å². The Balaban J connectivity index is 1.79. The summed E-state index contributed by atoms with van der Waals surface area (Å²) in [5.74, 6) is 0.840. The molecule has 0 aliphatic heterocycles. The van der Waals surface area contributed by atoms with E-state index in [4.69, 9.17) is 10.5 Å². The van der Waals surface area contributed by atoms with E-state index in [1.165, 1.54) is 12.8 Å². The second kappa shape index (κ2) is 6.79. The average Bonchev–Trinajstić information content (AvgIpc) is 2.57. The number of pyridine rings is 1. The Kier molecular flexibility index (Phi) is 4.59. The molecule has 2 aromatic rings. The number of rotatable bonds is 4. The first kappa shape index (κ1) is 14.9. The van der Waals surface area contributed by atoms with Crippen molar-refractivity contribution in [1.29, 1.82) is 0 Å². The van der Waals surface area contributed by atoms with Crippen LogP contribution in [0.5, 0.6) is 5.75 Å². The Morgan fingerprint density at radius 3 is 2.86 bits per heavy atom. The maximum absolute atomic E-state index is 6.22. The molecule has 1 aromatic heterocycles. The molecule has 1 saturated carbocycles. The highest BCUT2D eigenvalue weighted by atomic mass is 16.5. The number of aromatic nitrogens is 1. The predicted molar refractivity (Wildman–Crippen MR) is 90.1 cm³/mol. The van der Waals surface area contributed by atoms with E-state index in [1.54, 1.807) is 7.11 Å². The summed E-state index contributed by atoms with van der Waals surface area (Å²) < 4.78 is 5.28. The fraction of sp³-hybridized carbons (Fsp3) is 0.389. The first-order valence-electron chi connectivity index (χ1n) is 7.89. The molecule has 1 aromatic carbocycles. The first-order chi connectivity index (χ1) is 10.8. The van der Waals surface area contributed by atoms with Crippen molar-refractivity contribution < 1.29 is 4.74 Å². The van der Waals surface area contributed by atoms with E-state index >= 15 is 0 Å². The van der Waals surface area contributed by atoms with Crippen LogP contribution in [0, 0.1) is 0 Å². The Morgan fingerprint density at radius 1 is 1.18 bits per heavy atom. The second-order valence-electron chi connectivity index (χ2n) is 5.86. The van der Waals surface area contributed by atoms with Gasteiger partial charge in [-0.1, -0.05) is 25.0 Å². The zero-order chi connectivity index (χ0) is 15.4. The molecule has 1 aliphatic carbocycles. The number of ether oxygens (including phenoxy) is 1. The molecule has 0 saturated heterocycles. The lowest BCUT2D eigenvalue weighted by Crippen LogP contribution is -2.42. The third-order valence-corrected chi connectivity index (χ3v) is 4.30. The molecule has 116 valence electrons. The molecule has 0 radical (unpaired) electrons. The van der Waals surface area contributed by atoms with Gasteiger partial charge in [0.15, 0.2) is 0 Å². The van der Waals surface area contributed by atoms with Crippen molar-refractivity contribution in [3.63, 3.8) is 0 Å². The molecular weight excluding hydrogens is 274 g/mol. The number of nitrogens with two attached hydrogens (primary N) is 1. The van der Waals surface area contributed by atoms with Crippen LogP contribution >= 0.6 is 0 Å². The van der Waals surface area contributed by atoms with Crippen LogP contribution < -0.4 is 15.8 Å². The second-order valence-corrected chi connectivity index (χ2v) is 5.86. The van der Waals surface area contributed by atoms with Crippen molar-refractivity contribution in [2.75, 3.05) is 12.4 Å². The Labute approximate surface area is 131 Å². The maximum Gasteiger partial charge on any atom is 0.119 e. The van der Waals surface area contributed by atoms with Crippen LogP contribution in [0.15, 0.2) is 42.6 Å². The summed E-state index contributed by atoms with van der Waals surface area (Å²) in [4.78, 5) is 4.47. The Hall–Kier alpha value is -2.07. The van der Waals surface area contributed by atoms with Crippen LogP contribution in [0.25, 0.3) is 11.3 Å². The van der Waals surface area contributed by atoms with Crippen LogP contribution in [0.2, 0.25) is 0 Å². The van der Waals surface area contributed by atoms with E-state index in [1.807, 2.05) is 36.5 Å². The highest BCUT2D eigenvalue weighted by molar-refractivity contribution is 5.65. The van der Waals surface area contributed by atoms with Crippen molar-refractivity contribution in [2.45, 2.75) is 37.8 Å². The Bertz CT molecular complexity index is 629. The van der Waals surface area contributed by atoms with E-state index in [-0.39, 0.29) is 6.04 Å². The predicted octanol–water partition coefficient (Wildman–Crippen LogP) is 3.44. The standard InChI is InChI=1S/C18H23N3O/c1-22-15-6-4-5-13(11-15)18-12-14(9-10-20-18)21-17-8-3-2-7-16(17)19/h4-6,9-12,16-17H,2-3,7-8,19H2,1H3,(H,20,21)/t16-,17+/m0/s1. The fourth-order valence-electron chi connectivity index (χ4n) is 3.01. The van der Waals surface area contributed by atoms with E-state index in [2.05, 4.69) is 16.4 Å². The van der Waals surface area contributed by atoms with Crippen molar-refractivity contribution in [1.82, 2.24) is 4.98 Å². The van der Waals surface area contributed by atoms with Crippen molar-refractivity contribution in [2.24, 2.45) is 5.73 Å². The fourth-order valence-corrected chi connectivity index (χ4v) is 3.01. The number of methoxy groups -OCH3 is 1.